The fourth-order valence-electron chi connectivity index (χ4n) is 2.04. The van der Waals surface area contributed by atoms with E-state index in [1.807, 2.05) is 6.92 Å². The van der Waals surface area contributed by atoms with Crippen molar-refractivity contribution >= 4 is 29.9 Å². The van der Waals surface area contributed by atoms with Gasteiger partial charge in [0.25, 0.3) is 0 Å². The second kappa shape index (κ2) is 12.5. The van der Waals surface area contributed by atoms with Crippen molar-refractivity contribution in [3.63, 3.8) is 0 Å². The van der Waals surface area contributed by atoms with E-state index >= 15 is 0 Å². The fourth-order valence-corrected chi connectivity index (χ4v) is 2.04. The Bertz CT molecular complexity index is 283. The van der Waals surface area contributed by atoms with Crippen molar-refractivity contribution in [3.05, 3.63) is 0 Å². The van der Waals surface area contributed by atoms with E-state index in [4.69, 9.17) is 11.2 Å². The summed E-state index contributed by atoms with van der Waals surface area (Å²) in [5.41, 5.74) is 0. The minimum atomic E-state index is 0. The molecule has 1 aliphatic rings. The van der Waals surface area contributed by atoms with E-state index in [1.165, 1.54) is 25.7 Å². The van der Waals surface area contributed by atoms with Gasteiger partial charge in [-0.25, -0.2) is 0 Å². The maximum Gasteiger partial charge on any atom is 0.192 e. The SMILES string of the molecule is C#CCNC(=NCCCOC1CCCC1)NCC.I. The maximum absolute atomic E-state index is 5.78. The molecule has 2 N–H and O–H groups in total. The number of ether oxygens (including phenoxy) is 1. The first kappa shape index (κ1) is 18.5. The van der Waals surface area contributed by atoms with Gasteiger partial charge in [0.05, 0.1) is 12.6 Å². The van der Waals surface area contributed by atoms with Gasteiger partial charge in [-0.15, -0.1) is 30.4 Å². The van der Waals surface area contributed by atoms with Crippen molar-refractivity contribution in [1.29, 1.82) is 0 Å². The van der Waals surface area contributed by atoms with Crippen LogP contribution in [0.25, 0.3) is 0 Å². The monoisotopic (exact) mass is 379 g/mol. The number of rotatable bonds is 7. The molecule has 1 saturated carbocycles. The highest BCUT2D eigenvalue weighted by Crippen LogP contribution is 2.20. The van der Waals surface area contributed by atoms with E-state index in [0.717, 1.165) is 32.1 Å². The summed E-state index contributed by atoms with van der Waals surface area (Å²) < 4.78 is 5.78. The summed E-state index contributed by atoms with van der Waals surface area (Å²) in [6.45, 7) is 4.96. The number of guanidine groups is 1. The summed E-state index contributed by atoms with van der Waals surface area (Å²) in [5, 5.41) is 6.22. The van der Waals surface area contributed by atoms with Crippen molar-refractivity contribution in [2.75, 3.05) is 26.2 Å². The Morgan fingerprint density at radius 2 is 2.11 bits per heavy atom. The minimum Gasteiger partial charge on any atom is -0.378 e. The molecule has 0 aromatic carbocycles. The van der Waals surface area contributed by atoms with Gasteiger partial charge < -0.3 is 15.4 Å². The third-order valence-electron chi connectivity index (χ3n) is 2.93. The van der Waals surface area contributed by atoms with Crippen LogP contribution < -0.4 is 10.6 Å². The fraction of sp³-hybridized carbons (Fsp3) is 0.786. The van der Waals surface area contributed by atoms with Gasteiger partial charge in [-0.05, 0) is 26.2 Å². The number of hydrogen-bond acceptors (Lipinski definition) is 2. The Morgan fingerprint density at radius 3 is 2.74 bits per heavy atom. The zero-order valence-corrected chi connectivity index (χ0v) is 14.1. The Labute approximate surface area is 134 Å². The van der Waals surface area contributed by atoms with Gasteiger partial charge in [0.2, 0.25) is 0 Å². The molecule has 0 unspecified atom stereocenters. The Kier molecular flexibility index (Phi) is 12.2. The number of nitrogens with zero attached hydrogens (tertiary/aromatic N) is 1. The van der Waals surface area contributed by atoms with Crippen LogP contribution in [0.2, 0.25) is 0 Å². The predicted octanol–water partition coefficient (Wildman–Crippen LogP) is 2.14. The molecular weight excluding hydrogens is 353 g/mol. The number of hydrogen-bond donors (Lipinski definition) is 2. The smallest absolute Gasteiger partial charge is 0.192 e. The molecule has 0 saturated heterocycles. The largest absolute Gasteiger partial charge is 0.378 e. The van der Waals surface area contributed by atoms with Gasteiger partial charge in [0.1, 0.15) is 0 Å². The van der Waals surface area contributed by atoms with E-state index in [9.17, 15) is 0 Å². The van der Waals surface area contributed by atoms with Gasteiger partial charge in [-0.2, -0.15) is 0 Å². The van der Waals surface area contributed by atoms with Crippen molar-refractivity contribution in [3.8, 4) is 12.3 Å². The predicted molar refractivity (Wildman–Crippen MR) is 91.1 cm³/mol. The number of nitrogens with one attached hydrogen (secondary N) is 2. The Morgan fingerprint density at radius 1 is 1.37 bits per heavy atom. The maximum atomic E-state index is 5.78. The van der Waals surface area contributed by atoms with Crippen LogP contribution in [0.1, 0.15) is 39.0 Å². The van der Waals surface area contributed by atoms with Crippen LogP contribution in [-0.2, 0) is 4.74 Å². The Hall–Kier alpha value is -0.480. The zero-order valence-electron chi connectivity index (χ0n) is 11.8. The van der Waals surface area contributed by atoms with Gasteiger partial charge in [-0.3, -0.25) is 4.99 Å². The van der Waals surface area contributed by atoms with E-state index < -0.39 is 0 Å². The van der Waals surface area contributed by atoms with Gasteiger partial charge >= 0.3 is 0 Å². The highest BCUT2D eigenvalue weighted by molar-refractivity contribution is 14.0. The van der Waals surface area contributed by atoms with E-state index in [-0.39, 0.29) is 24.0 Å². The summed E-state index contributed by atoms with van der Waals surface area (Å²) in [7, 11) is 0. The molecule has 19 heavy (non-hydrogen) atoms. The highest BCUT2D eigenvalue weighted by Gasteiger charge is 2.14. The first-order valence-corrected chi connectivity index (χ1v) is 6.94. The first-order valence-electron chi connectivity index (χ1n) is 6.94. The molecule has 0 aromatic heterocycles. The third-order valence-corrected chi connectivity index (χ3v) is 2.93. The molecule has 0 heterocycles. The molecule has 1 rings (SSSR count). The first-order chi connectivity index (χ1) is 8.86. The highest BCUT2D eigenvalue weighted by atomic mass is 127. The topological polar surface area (TPSA) is 45.7 Å². The summed E-state index contributed by atoms with van der Waals surface area (Å²) in [4.78, 5) is 4.43. The Balaban J connectivity index is 0.00000324. The molecule has 1 fully saturated rings. The summed E-state index contributed by atoms with van der Waals surface area (Å²) in [5.74, 6) is 3.33. The molecule has 110 valence electrons. The molecular formula is C14H26IN3O. The quantitative estimate of drug-likeness (QED) is 0.234. The standard InChI is InChI=1S/C14H25N3O.HI/c1-3-10-16-14(15-4-2)17-11-7-12-18-13-8-5-6-9-13;/h1,13H,4-12H2,2H3,(H2,15,16,17);1H. The number of terminal acetylenes is 1. The average Bonchev–Trinajstić information content (AvgIpc) is 2.88. The minimum absolute atomic E-state index is 0. The van der Waals surface area contributed by atoms with Crippen LogP contribution in [-0.4, -0.2) is 38.3 Å². The lowest BCUT2D eigenvalue weighted by Crippen LogP contribution is -2.37. The second-order valence-corrected chi connectivity index (χ2v) is 4.45. The van der Waals surface area contributed by atoms with Gasteiger partial charge in [0.15, 0.2) is 5.96 Å². The summed E-state index contributed by atoms with van der Waals surface area (Å²) in [6, 6.07) is 0. The lowest BCUT2D eigenvalue weighted by Gasteiger charge is -2.11. The van der Waals surface area contributed by atoms with Crippen LogP contribution in [0.5, 0.6) is 0 Å². The molecule has 0 aromatic rings. The van der Waals surface area contributed by atoms with Crippen LogP contribution >= 0.6 is 24.0 Å². The van der Waals surface area contributed by atoms with Crippen molar-refractivity contribution in [1.82, 2.24) is 10.6 Å². The summed E-state index contributed by atoms with van der Waals surface area (Å²) in [6.07, 6.45) is 11.8. The average molecular weight is 379 g/mol. The van der Waals surface area contributed by atoms with E-state index in [2.05, 4.69) is 21.5 Å². The summed E-state index contributed by atoms with van der Waals surface area (Å²) >= 11 is 0. The van der Waals surface area contributed by atoms with Gasteiger partial charge in [0, 0.05) is 19.7 Å². The number of halogens is 1. The normalized spacial score (nSPS) is 15.7. The van der Waals surface area contributed by atoms with E-state index in [1.54, 1.807) is 0 Å². The van der Waals surface area contributed by atoms with Crippen LogP contribution in [0.15, 0.2) is 4.99 Å². The van der Waals surface area contributed by atoms with Gasteiger partial charge in [-0.1, -0.05) is 18.8 Å². The zero-order chi connectivity index (χ0) is 13.1. The molecule has 4 nitrogen and oxygen atoms in total. The molecule has 0 bridgehead atoms. The van der Waals surface area contributed by atoms with Crippen molar-refractivity contribution < 1.29 is 4.74 Å². The van der Waals surface area contributed by atoms with Crippen molar-refractivity contribution in [2.24, 2.45) is 4.99 Å². The van der Waals surface area contributed by atoms with Crippen molar-refractivity contribution in [2.45, 2.75) is 45.1 Å². The molecule has 0 atom stereocenters. The molecule has 1 aliphatic carbocycles. The van der Waals surface area contributed by atoms with Crippen LogP contribution in [0.4, 0.5) is 0 Å². The third kappa shape index (κ3) is 9.11. The lowest BCUT2D eigenvalue weighted by atomic mass is 10.3. The molecule has 0 spiro atoms. The number of aliphatic imine (C=N–C) groups is 1. The molecule has 0 amide bonds. The molecule has 5 heteroatoms. The second-order valence-electron chi connectivity index (χ2n) is 4.45. The lowest BCUT2D eigenvalue weighted by molar-refractivity contribution is 0.0579. The van der Waals surface area contributed by atoms with Crippen LogP contribution in [0.3, 0.4) is 0 Å². The van der Waals surface area contributed by atoms with E-state index in [0.29, 0.717) is 12.6 Å². The van der Waals surface area contributed by atoms with Crippen LogP contribution in [0, 0.1) is 12.3 Å². The molecule has 0 aliphatic heterocycles. The molecule has 0 radical (unpaired) electrons.